The third kappa shape index (κ3) is 10.8. The predicted molar refractivity (Wildman–Crippen MR) is 113 cm³/mol. The number of rotatable bonds is 8. The fraction of sp³-hybridized carbons (Fsp3) is 0.520. The first-order valence-corrected chi connectivity index (χ1v) is 10.1. The molecule has 0 heteroatoms. The maximum absolute atomic E-state index is 2.27. The van der Waals surface area contributed by atoms with Gasteiger partial charge >= 0.3 is 0 Å². The molecule has 0 aliphatic rings. The van der Waals surface area contributed by atoms with Gasteiger partial charge in [-0.1, -0.05) is 127 Å². The van der Waals surface area contributed by atoms with Gasteiger partial charge < -0.3 is 0 Å². The normalized spacial score (nSPS) is 10.9. The van der Waals surface area contributed by atoms with Crippen LogP contribution >= 0.6 is 0 Å². The van der Waals surface area contributed by atoms with Gasteiger partial charge in [-0.2, -0.15) is 0 Å². The van der Waals surface area contributed by atoms with Crippen molar-refractivity contribution in [1.82, 2.24) is 0 Å². The zero-order valence-corrected chi connectivity index (χ0v) is 16.9. The van der Waals surface area contributed by atoms with Gasteiger partial charge in [0.25, 0.3) is 0 Å². The van der Waals surface area contributed by atoms with Crippen molar-refractivity contribution in [2.24, 2.45) is 0 Å². The Kier molecular flexibility index (Phi) is 11.0. The lowest BCUT2D eigenvalue weighted by atomic mass is 9.87. The van der Waals surface area contributed by atoms with Gasteiger partial charge in [0.05, 0.1) is 0 Å². The maximum Gasteiger partial charge on any atom is -0.0132 e. The molecule has 0 bridgehead atoms. The molecule has 0 amide bonds. The molecule has 2 rings (SSSR count). The standard InChI is InChI=1S/C15H24.C10H14/c1-2-3-4-5-6-7-9-12-15-13-10-8-11-14-15;1-10(2,3)9-7-5-4-6-8-9/h8,10-11,13-14H,2-7,9,12H2,1H3;4-8H,1-3H3. The van der Waals surface area contributed by atoms with E-state index >= 15 is 0 Å². The molecule has 0 aromatic heterocycles. The fourth-order valence-electron chi connectivity index (χ4n) is 2.87. The van der Waals surface area contributed by atoms with Gasteiger partial charge in [-0.25, -0.2) is 0 Å². The first kappa shape index (κ1) is 21.5. The van der Waals surface area contributed by atoms with Crippen molar-refractivity contribution in [2.75, 3.05) is 0 Å². The number of aryl methyl sites for hydroxylation is 1. The molecule has 0 heterocycles. The molecule has 0 N–H and O–H groups in total. The first-order valence-electron chi connectivity index (χ1n) is 10.1. The second-order valence-electron chi connectivity index (χ2n) is 7.97. The Morgan fingerprint density at radius 2 is 1.08 bits per heavy atom. The maximum atomic E-state index is 2.27. The van der Waals surface area contributed by atoms with Crippen LogP contribution in [0, 0.1) is 0 Å². The van der Waals surface area contributed by atoms with Crippen molar-refractivity contribution in [2.45, 2.75) is 84.5 Å². The highest BCUT2D eigenvalue weighted by Crippen LogP contribution is 2.20. The van der Waals surface area contributed by atoms with Gasteiger partial charge in [0.1, 0.15) is 0 Å². The van der Waals surface area contributed by atoms with E-state index in [-0.39, 0.29) is 0 Å². The van der Waals surface area contributed by atoms with Crippen LogP contribution < -0.4 is 0 Å². The zero-order valence-electron chi connectivity index (χ0n) is 16.9. The fourth-order valence-corrected chi connectivity index (χ4v) is 2.87. The van der Waals surface area contributed by atoms with Crippen molar-refractivity contribution in [3.63, 3.8) is 0 Å². The largest absolute Gasteiger partial charge is 0.0654 e. The summed E-state index contributed by atoms with van der Waals surface area (Å²) in [6, 6.07) is 21.4. The number of unbranched alkanes of at least 4 members (excludes halogenated alkanes) is 6. The highest BCUT2D eigenvalue weighted by molar-refractivity contribution is 5.22. The highest BCUT2D eigenvalue weighted by atomic mass is 14.2. The Balaban J connectivity index is 0.000000271. The summed E-state index contributed by atoms with van der Waals surface area (Å²) in [5, 5.41) is 0. The molecule has 0 spiro atoms. The molecule has 0 unspecified atom stereocenters. The molecule has 0 atom stereocenters. The molecule has 0 saturated heterocycles. The molecule has 0 aliphatic carbocycles. The minimum Gasteiger partial charge on any atom is -0.0654 e. The SMILES string of the molecule is CC(C)(C)c1ccccc1.CCCCCCCCCc1ccccc1. The Morgan fingerprint density at radius 3 is 1.56 bits per heavy atom. The average Bonchev–Trinajstić information content (AvgIpc) is 2.62. The molecule has 138 valence electrons. The summed E-state index contributed by atoms with van der Waals surface area (Å²) in [6.07, 6.45) is 11.1. The molecule has 0 nitrogen and oxygen atoms in total. The first-order chi connectivity index (χ1) is 12.0. The molecular formula is C25H38. The second kappa shape index (κ2) is 12.8. The average molecular weight is 339 g/mol. The van der Waals surface area contributed by atoms with Crippen LogP contribution in [-0.2, 0) is 11.8 Å². The van der Waals surface area contributed by atoms with Crippen molar-refractivity contribution in [3.8, 4) is 0 Å². The van der Waals surface area contributed by atoms with Crippen molar-refractivity contribution in [1.29, 1.82) is 0 Å². The summed E-state index contributed by atoms with van der Waals surface area (Å²) >= 11 is 0. The van der Waals surface area contributed by atoms with Crippen LogP contribution in [0.25, 0.3) is 0 Å². The Morgan fingerprint density at radius 1 is 0.600 bits per heavy atom. The molecule has 0 saturated carbocycles. The molecule has 2 aromatic rings. The van der Waals surface area contributed by atoms with Crippen LogP contribution in [0.2, 0.25) is 0 Å². The van der Waals surface area contributed by atoms with Crippen LogP contribution in [-0.4, -0.2) is 0 Å². The summed E-state index contributed by atoms with van der Waals surface area (Å²) in [6.45, 7) is 8.95. The smallest absolute Gasteiger partial charge is 0.0132 e. The van der Waals surface area contributed by atoms with E-state index in [0.717, 1.165) is 0 Å². The summed E-state index contributed by atoms with van der Waals surface area (Å²) in [5.74, 6) is 0. The van der Waals surface area contributed by atoms with E-state index in [1.54, 1.807) is 0 Å². The summed E-state index contributed by atoms with van der Waals surface area (Å²) in [7, 11) is 0. The lowest BCUT2D eigenvalue weighted by molar-refractivity contribution is 0.589. The molecule has 0 radical (unpaired) electrons. The van der Waals surface area contributed by atoms with E-state index in [4.69, 9.17) is 0 Å². The lowest BCUT2D eigenvalue weighted by Gasteiger charge is -2.18. The van der Waals surface area contributed by atoms with E-state index in [1.807, 2.05) is 0 Å². The van der Waals surface area contributed by atoms with Crippen molar-refractivity contribution >= 4 is 0 Å². The molecule has 0 fully saturated rings. The third-order valence-electron chi connectivity index (χ3n) is 4.55. The Bertz CT molecular complexity index is 519. The summed E-state index contributed by atoms with van der Waals surface area (Å²) < 4.78 is 0. The Hall–Kier alpha value is -1.56. The predicted octanol–water partition coefficient (Wildman–Crippen LogP) is 7.96. The quantitative estimate of drug-likeness (QED) is 0.428. The van der Waals surface area contributed by atoms with Crippen LogP contribution in [0.5, 0.6) is 0 Å². The second-order valence-corrected chi connectivity index (χ2v) is 7.97. The lowest BCUT2D eigenvalue weighted by Crippen LogP contribution is -2.10. The van der Waals surface area contributed by atoms with Gasteiger partial charge in [-0.05, 0) is 29.4 Å². The summed E-state index contributed by atoms with van der Waals surface area (Å²) in [4.78, 5) is 0. The van der Waals surface area contributed by atoms with Crippen LogP contribution in [0.3, 0.4) is 0 Å². The minimum atomic E-state index is 0.293. The van der Waals surface area contributed by atoms with E-state index in [1.165, 1.54) is 62.5 Å². The van der Waals surface area contributed by atoms with E-state index in [9.17, 15) is 0 Å². The van der Waals surface area contributed by atoms with E-state index < -0.39 is 0 Å². The monoisotopic (exact) mass is 338 g/mol. The van der Waals surface area contributed by atoms with E-state index in [2.05, 4.69) is 88.4 Å². The van der Waals surface area contributed by atoms with Gasteiger partial charge in [0.15, 0.2) is 0 Å². The topological polar surface area (TPSA) is 0 Å². The van der Waals surface area contributed by atoms with Gasteiger partial charge in [-0.3, -0.25) is 0 Å². The van der Waals surface area contributed by atoms with Crippen molar-refractivity contribution in [3.05, 3.63) is 71.8 Å². The molecular weight excluding hydrogens is 300 g/mol. The Labute approximate surface area is 156 Å². The molecule has 25 heavy (non-hydrogen) atoms. The highest BCUT2D eigenvalue weighted by Gasteiger charge is 2.11. The van der Waals surface area contributed by atoms with Gasteiger partial charge in [0.2, 0.25) is 0 Å². The van der Waals surface area contributed by atoms with Crippen LogP contribution in [0.15, 0.2) is 60.7 Å². The van der Waals surface area contributed by atoms with Crippen LogP contribution in [0.1, 0.15) is 83.8 Å². The van der Waals surface area contributed by atoms with Crippen molar-refractivity contribution < 1.29 is 0 Å². The number of hydrogen-bond acceptors (Lipinski definition) is 0. The zero-order chi connectivity index (χ0) is 18.4. The molecule has 2 aromatic carbocycles. The van der Waals surface area contributed by atoms with Crippen LogP contribution in [0.4, 0.5) is 0 Å². The van der Waals surface area contributed by atoms with Gasteiger partial charge in [0, 0.05) is 0 Å². The third-order valence-corrected chi connectivity index (χ3v) is 4.55. The number of benzene rings is 2. The minimum absolute atomic E-state index is 0.293. The molecule has 0 aliphatic heterocycles. The van der Waals surface area contributed by atoms with Gasteiger partial charge in [-0.15, -0.1) is 0 Å². The number of hydrogen-bond donors (Lipinski definition) is 0. The van der Waals surface area contributed by atoms with E-state index in [0.29, 0.717) is 5.41 Å². The summed E-state index contributed by atoms with van der Waals surface area (Å²) in [5.41, 5.74) is 3.18.